The average molecular weight is 391 g/mol. The molecule has 0 unspecified atom stereocenters. The normalized spacial score (nSPS) is 12.0. The van der Waals surface area contributed by atoms with Crippen LogP contribution in [0.2, 0.25) is 0 Å². The molecule has 0 saturated carbocycles. The van der Waals surface area contributed by atoms with Gasteiger partial charge in [-0.3, -0.25) is 10.0 Å². The molecule has 1 rings (SSSR count). The summed E-state index contributed by atoms with van der Waals surface area (Å²) < 4.78 is 24.4. The van der Waals surface area contributed by atoms with Crippen molar-refractivity contribution in [3.8, 4) is 0 Å². The van der Waals surface area contributed by atoms with Gasteiger partial charge >= 0.3 is 0 Å². The van der Waals surface area contributed by atoms with E-state index in [2.05, 4.69) is 15.9 Å². The van der Waals surface area contributed by atoms with E-state index < -0.39 is 15.9 Å². The molecule has 22 heavy (non-hydrogen) atoms. The minimum atomic E-state index is -3.83. The maximum Gasteiger partial charge on any atom is 0.262 e. The zero-order valence-electron chi connectivity index (χ0n) is 12.4. The summed E-state index contributed by atoms with van der Waals surface area (Å²) in [4.78, 5) is 13.3. The average Bonchev–Trinajstić information content (AvgIpc) is 2.39. The number of carbonyl (C=O) groups is 1. The van der Waals surface area contributed by atoms with Gasteiger partial charge in [0.15, 0.2) is 0 Å². The van der Waals surface area contributed by atoms with Crippen LogP contribution >= 0.6 is 15.9 Å². The molecule has 0 aliphatic rings. The van der Waals surface area contributed by atoms with E-state index in [0.717, 1.165) is 10.0 Å². The lowest BCUT2D eigenvalue weighted by Gasteiger charge is -2.16. The molecular weight excluding hydrogens is 372 g/mol. The summed E-state index contributed by atoms with van der Waals surface area (Å²) in [5.74, 6) is -1.03. The van der Waals surface area contributed by atoms with E-state index in [0.29, 0.717) is 0 Å². The van der Waals surface area contributed by atoms with Crippen molar-refractivity contribution in [1.82, 2.24) is 10.0 Å². The van der Waals surface area contributed by atoms with Gasteiger partial charge in [-0.2, -0.15) is 0 Å². The Labute approximate surface area is 138 Å². The smallest absolute Gasteiger partial charge is 0.262 e. The SMILES string of the molecule is CC(C)CC(=O)N(O)NS(=O)(=O)CC=Cc1ccc(Br)cc1. The van der Waals surface area contributed by atoms with Gasteiger partial charge in [0.25, 0.3) is 5.91 Å². The maximum atomic E-state index is 11.8. The number of nitrogens with one attached hydrogen (secondary N) is 1. The lowest BCUT2D eigenvalue weighted by Crippen LogP contribution is -2.44. The molecule has 0 bridgehead atoms. The van der Waals surface area contributed by atoms with Crippen molar-refractivity contribution in [2.75, 3.05) is 5.75 Å². The van der Waals surface area contributed by atoms with Gasteiger partial charge in [0.1, 0.15) is 0 Å². The van der Waals surface area contributed by atoms with E-state index in [1.165, 1.54) is 6.08 Å². The Morgan fingerprint density at radius 2 is 1.95 bits per heavy atom. The van der Waals surface area contributed by atoms with E-state index >= 15 is 0 Å². The highest BCUT2D eigenvalue weighted by atomic mass is 79.9. The largest absolute Gasteiger partial charge is 0.271 e. The van der Waals surface area contributed by atoms with Gasteiger partial charge in [0.2, 0.25) is 10.0 Å². The van der Waals surface area contributed by atoms with Gasteiger partial charge in [-0.1, -0.05) is 58.9 Å². The van der Waals surface area contributed by atoms with Crippen molar-refractivity contribution >= 4 is 37.9 Å². The number of hydrogen-bond acceptors (Lipinski definition) is 4. The van der Waals surface area contributed by atoms with Crippen molar-refractivity contribution < 1.29 is 18.4 Å². The van der Waals surface area contributed by atoms with E-state index in [1.807, 2.05) is 29.1 Å². The second-order valence-electron chi connectivity index (χ2n) is 5.13. The molecule has 0 spiro atoms. The third-order valence-corrected chi connectivity index (χ3v) is 4.15. The van der Waals surface area contributed by atoms with Gasteiger partial charge in [-0.15, -0.1) is 5.17 Å². The summed E-state index contributed by atoms with van der Waals surface area (Å²) in [6.45, 7) is 3.59. The number of benzene rings is 1. The van der Waals surface area contributed by atoms with E-state index in [1.54, 1.807) is 19.9 Å². The first-order chi connectivity index (χ1) is 10.2. The summed E-state index contributed by atoms with van der Waals surface area (Å²) >= 11 is 3.31. The molecule has 8 heteroatoms. The van der Waals surface area contributed by atoms with Crippen LogP contribution in [0, 0.1) is 5.92 Å². The minimum absolute atomic E-state index is 0.0176. The van der Waals surface area contributed by atoms with Crippen LogP contribution in [0.5, 0.6) is 0 Å². The number of amides is 1. The topological polar surface area (TPSA) is 86.7 Å². The molecule has 1 amide bonds. The minimum Gasteiger partial charge on any atom is -0.271 e. The molecule has 0 fully saturated rings. The summed E-state index contributed by atoms with van der Waals surface area (Å²) in [6, 6.07) is 7.33. The van der Waals surface area contributed by atoms with E-state index in [4.69, 9.17) is 0 Å². The third kappa shape index (κ3) is 7.17. The van der Waals surface area contributed by atoms with Crippen molar-refractivity contribution in [2.45, 2.75) is 20.3 Å². The van der Waals surface area contributed by atoms with Gasteiger partial charge in [-0.05, 0) is 23.6 Å². The van der Waals surface area contributed by atoms with E-state index in [-0.39, 0.29) is 23.3 Å². The molecule has 0 radical (unpaired) electrons. The van der Waals surface area contributed by atoms with E-state index in [9.17, 15) is 18.4 Å². The van der Waals surface area contributed by atoms with Crippen molar-refractivity contribution in [2.24, 2.45) is 5.92 Å². The Bertz CT molecular complexity index is 627. The molecular formula is C14H19BrN2O4S. The molecule has 1 aromatic carbocycles. The van der Waals surface area contributed by atoms with Crippen LogP contribution in [0.3, 0.4) is 0 Å². The van der Waals surface area contributed by atoms with Crippen LogP contribution in [-0.4, -0.2) is 30.5 Å². The number of hydrogen-bond donors (Lipinski definition) is 2. The number of rotatable bonds is 7. The Hall–Kier alpha value is -1.22. The third-order valence-electron chi connectivity index (χ3n) is 2.54. The summed E-state index contributed by atoms with van der Waals surface area (Å²) in [7, 11) is -3.83. The lowest BCUT2D eigenvalue weighted by atomic mass is 10.1. The van der Waals surface area contributed by atoms with Gasteiger partial charge < -0.3 is 0 Å². The van der Waals surface area contributed by atoms with Crippen LogP contribution in [0.1, 0.15) is 25.8 Å². The fourth-order valence-electron chi connectivity index (χ4n) is 1.54. The highest BCUT2D eigenvalue weighted by Gasteiger charge is 2.18. The van der Waals surface area contributed by atoms with Crippen LogP contribution in [0.25, 0.3) is 6.08 Å². The fraction of sp³-hybridized carbons (Fsp3) is 0.357. The lowest BCUT2D eigenvalue weighted by molar-refractivity contribution is -0.173. The van der Waals surface area contributed by atoms with Crippen LogP contribution in [0.15, 0.2) is 34.8 Å². The molecule has 0 aliphatic carbocycles. The summed E-state index contributed by atoms with van der Waals surface area (Å²) in [6.07, 6.45) is 3.13. The molecule has 0 heterocycles. The summed E-state index contributed by atoms with van der Waals surface area (Å²) in [5.41, 5.74) is 0.843. The molecule has 0 aliphatic heterocycles. The predicted octanol–water partition coefficient (Wildman–Crippen LogP) is 2.56. The van der Waals surface area contributed by atoms with Gasteiger partial charge in [-0.25, -0.2) is 8.42 Å². The van der Waals surface area contributed by atoms with Gasteiger partial charge in [0.05, 0.1) is 5.75 Å². The zero-order chi connectivity index (χ0) is 16.8. The molecule has 1 aromatic rings. The van der Waals surface area contributed by atoms with Gasteiger partial charge in [0, 0.05) is 10.9 Å². The second kappa shape index (κ2) is 8.42. The van der Waals surface area contributed by atoms with Crippen LogP contribution < -0.4 is 4.83 Å². The Morgan fingerprint density at radius 3 is 2.50 bits per heavy atom. The number of hydroxylamine groups is 1. The first-order valence-electron chi connectivity index (χ1n) is 6.63. The molecule has 0 saturated heterocycles. The maximum absolute atomic E-state index is 11.8. The van der Waals surface area contributed by atoms with Crippen molar-refractivity contribution in [3.63, 3.8) is 0 Å². The number of sulfonamides is 1. The number of hydrazine groups is 1. The first-order valence-corrected chi connectivity index (χ1v) is 9.08. The number of nitrogens with zero attached hydrogens (tertiary/aromatic N) is 1. The molecule has 0 atom stereocenters. The quantitative estimate of drug-likeness (QED) is 0.553. The van der Waals surface area contributed by atoms with Crippen molar-refractivity contribution in [1.29, 1.82) is 0 Å². The molecule has 2 N–H and O–H groups in total. The Kier molecular flexibility index (Phi) is 7.21. The predicted molar refractivity (Wildman–Crippen MR) is 88.2 cm³/mol. The van der Waals surface area contributed by atoms with Crippen molar-refractivity contribution in [3.05, 3.63) is 40.4 Å². The zero-order valence-corrected chi connectivity index (χ0v) is 14.8. The molecule has 6 nitrogen and oxygen atoms in total. The second-order valence-corrected chi connectivity index (χ2v) is 7.79. The summed E-state index contributed by atoms with van der Waals surface area (Å²) in [5, 5.41) is 9.44. The highest BCUT2D eigenvalue weighted by Crippen LogP contribution is 2.11. The van der Waals surface area contributed by atoms with Crippen LogP contribution in [-0.2, 0) is 14.8 Å². The highest BCUT2D eigenvalue weighted by molar-refractivity contribution is 9.10. The Morgan fingerprint density at radius 1 is 1.36 bits per heavy atom. The monoisotopic (exact) mass is 390 g/mol. The standard InChI is InChI=1S/C14H19BrN2O4S/c1-11(2)10-14(18)17(19)16-22(20,21)9-3-4-12-5-7-13(15)8-6-12/h3-8,11,16,19H,9-10H2,1-2H3. The van der Waals surface area contributed by atoms with Crippen LogP contribution in [0.4, 0.5) is 0 Å². The fourth-order valence-corrected chi connectivity index (χ4v) is 2.59. The Balaban J connectivity index is 2.56. The first kappa shape index (κ1) is 18.8. The molecule has 122 valence electrons. The number of carbonyl (C=O) groups excluding carboxylic acids is 1. The number of halogens is 1. The molecule has 0 aromatic heterocycles.